The van der Waals surface area contributed by atoms with E-state index in [1.54, 1.807) is 12.3 Å². The van der Waals surface area contributed by atoms with E-state index in [9.17, 15) is 9.59 Å². The highest BCUT2D eigenvalue weighted by atomic mass is 79.9. The number of amides is 1. The maximum Gasteiger partial charge on any atom is 0.340 e. The van der Waals surface area contributed by atoms with Gasteiger partial charge in [0, 0.05) is 23.4 Å². The molecule has 6 heteroatoms. The first-order valence-corrected chi connectivity index (χ1v) is 7.94. The van der Waals surface area contributed by atoms with Crippen molar-refractivity contribution in [1.82, 2.24) is 10.3 Å². The Morgan fingerprint density at radius 1 is 1.26 bits per heavy atom. The van der Waals surface area contributed by atoms with E-state index < -0.39 is 5.97 Å². The van der Waals surface area contributed by atoms with E-state index in [-0.39, 0.29) is 12.5 Å². The summed E-state index contributed by atoms with van der Waals surface area (Å²) >= 11 is 3.22. The Labute approximate surface area is 143 Å². The van der Waals surface area contributed by atoms with Crippen LogP contribution in [-0.4, -0.2) is 30.0 Å². The van der Waals surface area contributed by atoms with Gasteiger partial charge >= 0.3 is 5.97 Å². The number of nitrogens with one attached hydrogen (secondary N) is 1. The van der Waals surface area contributed by atoms with Crippen LogP contribution in [0.2, 0.25) is 0 Å². The molecular formula is C17H17BrN2O3. The molecule has 23 heavy (non-hydrogen) atoms. The van der Waals surface area contributed by atoms with Crippen molar-refractivity contribution in [1.29, 1.82) is 0 Å². The average Bonchev–Trinajstić information content (AvgIpc) is 2.54. The highest BCUT2D eigenvalue weighted by Crippen LogP contribution is 2.10. The predicted octanol–water partition coefficient (Wildman–Crippen LogP) is 2.67. The number of carbonyl (C=O) groups is 2. The summed E-state index contributed by atoms with van der Waals surface area (Å²) in [6.07, 6.45) is 3.69. The van der Waals surface area contributed by atoms with Gasteiger partial charge in [0.25, 0.3) is 5.91 Å². The van der Waals surface area contributed by atoms with E-state index in [0.717, 1.165) is 6.42 Å². The Balaban J connectivity index is 1.73. The molecule has 0 aliphatic rings. The van der Waals surface area contributed by atoms with Crippen molar-refractivity contribution < 1.29 is 14.3 Å². The van der Waals surface area contributed by atoms with Gasteiger partial charge in [0.05, 0.1) is 5.56 Å². The van der Waals surface area contributed by atoms with Crippen LogP contribution in [0.5, 0.6) is 0 Å². The summed E-state index contributed by atoms with van der Waals surface area (Å²) in [6, 6.07) is 9.60. The van der Waals surface area contributed by atoms with Gasteiger partial charge in [0.2, 0.25) is 0 Å². The number of halogens is 1. The molecule has 0 bridgehead atoms. The van der Waals surface area contributed by atoms with Gasteiger partial charge in [-0.1, -0.05) is 24.3 Å². The fourth-order valence-corrected chi connectivity index (χ4v) is 2.38. The SMILES string of the molecule is Cc1ccccc1CCNC(=O)COC(=O)c1cncc(Br)c1. The molecule has 1 amide bonds. The van der Waals surface area contributed by atoms with Gasteiger partial charge in [-0.25, -0.2) is 4.79 Å². The highest BCUT2D eigenvalue weighted by molar-refractivity contribution is 9.10. The van der Waals surface area contributed by atoms with Crippen LogP contribution in [0.1, 0.15) is 21.5 Å². The molecule has 1 N–H and O–H groups in total. The summed E-state index contributed by atoms with van der Waals surface area (Å²) in [6.45, 7) is 2.23. The Morgan fingerprint density at radius 2 is 2.04 bits per heavy atom. The summed E-state index contributed by atoms with van der Waals surface area (Å²) < 4.78 is 5.64. The lowest BCUT2D eigenvalue weighted by molar-refractivity contribution is -0.124. The van der Waals surface area contributed by atoms with Crippen molar-refractivity contribution in [3.05, 3.63) is 63.9 Å². The van der Waals surface area contributed by atoms with Crippen molar-refractivity contribution in [2.45, 2.75) is 13.3 Å². The van der Waals surface area contributed by atoms with Crippen molar-refractivity contribution in [2.75, 3.05) is 13.2 Å². The Morgan fingerprint density at radius 3 is 2.78 bits per heavy atom. The number of hydrogen-bond donors (Lipinski definition) is 1. The highest BCUT2D eigenvalue weighted by Gasteiger charge is 2.10. The van der Waals surface area contributed by atoms with E-state index in [1.807, 2.05) is 31.2 Å². The number of carbonyl (C=O) groups excluding carboxylic acids is 2. The van der Waals surface area contributed by atoms with Crippen LogP contribution in [0.25, 0.3) is 0 Å². The first-order valence-electron chi connectivity index (χ1n) is 7.15. The zero-order valence-corrected chi connectivity index (χ0v) is 14.3. The summed E-state index contributed by atoms with van der Waals surface area (Å²) in [7, 11) is 0. The number of pyridine rings is 1. The minimum atomic E-state index is -0.576. The lowest BCUT2D eigenvalue weighted by atomic mass is 10.1. The molecule has 2 aromatic rings. The maximum atomic E-state index is 11.8. The molecule has 0 aliphatic heterocycles. The molecule has 120 valence electrons. The molecule has 0 aliphatic carbocycles. The number of benzene rings is 1. The summed E-state index contributed by atoms with van der Waals surface area (Å²) in [5.74, 6) is -0.900. The third kappa shape index (κ3) is 5.49. The molecule has 1 heterocycles. The number of esters is 1. The fraction of sp³-hybridized carbons (Fsp3) is 0.235. The summed E-state index contributed by atoms with van der Waals surface area (Å²) in [4.78, 5) is 27.4. The Hall–Kier alpha value is -2.21. The zero-order valence-electron chi connectivity index (χ0n) is 12.7. The van der Waals surface area contributed by atoms with Crippen molar-refractivity contribution in [3.63, 3.8) is 0 Å². The molecule has 1 aromatic heterocycles. The molecule has 2 rings (SSSR count). The van der Waals surface area contributed by atoms with Crippen molar-refractivity contribution in [3.8, 4) is 0 Å². The molecule has 0 saturated heterocycles. The standard InChI is InChI=1S/C17H17BrN2O3/c1-12-4-2-3-5-13(12)6-7-20-16(21)11-23-17(22)14-8-15(18)10-19-9-14/h2-5,8-10H,6-7,11H2,1H3,(H,20,21). The van der Waals surface area contributed by atoms with Crippen LogP contribution in [0.15, 0.2) is 47.2 Å². The van der Waals surface area contributed by atoms with E-state index in [1.165, 1.54) is 17.3 Å². The molecule has 0 radical (unpaired) electrons. The summed E-state index contributed by atoms with van der Waals surface area (Å²) in [5.41, 5.74) is 2.67. The molecule has 0 atom stereocenters. The van der Waals surface area contributed by atoms with Gasteiger partial charge < -0.3 is 10.1 Å². The predicted molar refractivity (Wildman–Crippen MR) is 90.1 cm³/mol. The van der Waals surface area contributed by atoms with Crippen LogP contribution in [0.4, 0.5) is 0 Å². The number of nitrogens with zero attached hydrogens (tertiary/aromatic N) is 1. The van der Waals surface area contributed by atoms with Gasteiger partial charge in [-0.3, -0.25) is 9.78 Å². The van der Waals surface area contributed by atoms with Crippen LogP contribution in [0.3, 0.4) is 0 Å². The lowest BCUT2D eigenvalue weighted by Crippen LogP contribution is -2.30. The minimum Gasteiger partial charge on any atom is -0.452 e. The largest absolute Gasteiger partial charge is 0.452 e. The average molecular weight is 377 g/mol. The molecule has 0 fully saturated rings. The molecule has 0 saturated carbocycles. The second kappa shape index (κ2) is 8.43. The Kier molecular flexibility index (Phi) is 6.29. The topological polar surface area (TPSA) is 68.3 Å². The zero-order chi connectivity index (χ0) is 16.7. The van der Waals surface area contributed by atoms with Crippen LogP contribution >= 0.6 is 15.9 Å². The van der Waals surface area contributed by atoms with Crippen LogP contribution in [0, 0.1) is 6.92 Å². The first kappa shape index (κ1) is 17.1. The quantitative estimate of drug-likeness (QED) is 0.786. The van der Waals surface area contributed by atoms with E-state index >= 15 is 0 Å². The van der Waals surface area contributed by atoms with Crippen LogP contribution in [-0.2, 0) is 16.0 Å². The smallest absolute Gasteiger partial charge is 0.340 e. The van der Waals surface area contributed by atoms with Gasteiger partial charge in [-0.15, -0.1) is 0 Å². The lowest BCUT2D eigenvalue weighted by Gasteiger charge is -2.08. The van der Waals surface area contributed by atoms with Crippen molar-refractivity contribution in [2.24, 2.45) is 0 Å². The summed E-state index contributed by atoms with van der Waals surface area (Å²) in [5, 5.41) is 2.74. The van der Waals surface area contributed by atoms with Gasteiger partial charge in [0.1, 0.15) is 0 Å². The second-order valence-electron chi connectivity index (χ2n) is 4.99. The van der Waals surface area contributed by atoms with Gasteiger partial charge in [0.15, 0.2) is 6.61 Å². The van der Waals surface area contributed by atoms with Gasteiger partial charge in [-0.2, -0.15) is 0 Å². The fourth-order valence-electron chi connectivity index (χ4n) is 2.02. The number of rotatable bonds is 6. The number of ether oxygens (including phenoxy) is 1. The molecule has 0 spiro atoms. The monoisotopic (exact) mass is 376 g/mol. The number of aryl methyl sites for hydroxylation is 1. The normalized spacial score (nSPS) is 10.2. The van der Waals surface area contributed by atoms with Crippen molar-refractivity contribution >= 4 is 27.8 Å². The van der Waals surface area contributed by atoms with E-state index in [2.05, 4.69) is 26.2 Å². The third-order valence-corrected chi connectivity index (χ3v) is 3.69. The van der Waals surface area contributed by atoms with E-state index in [4.69, 9.17) is 4.74 Å². The third-order valence-electron chi connectivity index (χ3n) is 3.25. The van der Waals surface area contributed by atoms with Crippen LogP contribution < -0.4 is 5.32 Å². The number of aromatic nitrogens is 1. The molecule has 5 nitrogen and oxygen atoms in total. The molecule has 0 unspecified atom stereocenters. The molecule has 1 aromatic carbocycles. The van der Waals surface area contributed by atoms with Gasteiger partial charge in [-0.05, 0) is 46.5 Å². The van der Waals surface area contributed by atoms with E-state index in [0.29, 0.717) is 16.6 Å². The maximum absolute atomic E-state index is 11.8. The second-order valence-corrected chi connectivity index (χ2v) is 5.91. The Bertz CT molecular complexity index is 704. The molecular weight excluding hydrogens is 360 g/mol. The first-order chi connectivity index (χ1) is 11.1. The minimum absolute atomic E-state index is 0.298. The number of hydrogen-bond acceptors (Lipinski definition) is 4.